The monoisotopic (exact) mass is 189 g/mol. The van der Waals surface area contributed by atoms with Crippen LogP contribution in [-0.4, -0.2) is 11.2 Å². The maximum absolute atomic E-state index is 10.2. The van der Waals surface area contributed by atoms with E-state index in [1.54, 1.807) is 18.2 Å². The van der Waals surface area contributed by atoms with Crippen LogP contribution in [0.1, 0.15) is 30.0 Å². The molecular weight excluding hydrogens is 178 g/mol. The van der Waals surface area contributed by atoms with Crippen LogP contribution in [0.25, 0.3) is 0 Å². The fourth-order valence-electron chi connectivity index (χ4n) is 1.96. The quantitative estimate of drug-likeness (QED) is 0.543. The summed E-state index contributed by atoms with van der Waals surface area (Å²) in [5, 5.41) is 9.33. The zero-order chi connectivity index (χ0) is 9.97. The number of carbonyl (C=O) groups excluding carboxylic acids is 1. The molecule has 0 heterocycles. The fourth-order valence-corrected chi connectivity index (χ4v) is 1.96. The van der Waals surface area contributed by atoms with Gasteiger partial charge in [0.15, 0.2) is 0 Å². The fraction of sp³-hybridized carbons (Fsp3) is 0.364. The number of hydrogen-bond donors (Lipinski definition) is 1. The Bertz CT molecular complexity index is 394. The number of phenolic OH excluding ortho intramolecular Hbond substituents is 1. The van der Waals surface area contributed by atoms with Gasteiger partial charge in [0.05, 0.1) is 6.04 Å². The summed E-state index contributed by atoms with van der Waals surface area (Å²) in [7, 11) is 0. The van der Waals surface area contributed by atoms with E-state index in [1.165, 1.54) is 5.56 Å². The zero-order valence-electron chi connectivity index (χ0n) is 7.73. The topological polar surface area (TPSA) is 49.7 Å². The molecule has 0 fully saturated rings. The third-order valence-electron chi connectivity index (χ3n) is 2.62. The van der Waals surface area contributed by atoms with Crippen LogP contribution >= 0.6 is 0 Å². The standard InChI is InChI=1S/C11H11NO2/c13-7-12-11-3-1-2-8-4-5-9(14)6-10(8)11/h4-6,11,14H,1-3H2. The molecule has 1 N–H and O–H groups in total. The number of hydrogen-bond acceptors (Lipinski definition) is 3. The van der Waals surface area contributed by atoms with E-state index in [0.29, 0.717) is 0 Å². The van der Waals surface area contributed by atoms with Gasteiger partial charge in [-0.1, -0.05) is 6.07 Å². The first kappa shape index (κ1) is 8.97. The molecule has 0 spiro atoms. The van der Waals surface area contributed by atoms with Crippen LogP contribution in [-0.2, 0) is 11.2 Å². The van der Waals surface area contributed by atoms with Gasteiger partial charge in [-0.3, -0.25) is 0 Å². The van der Waals surface area contributed by atoms with Gasteiger partial charge in [0.25, 0.3) is 0 Å². The minimum Gasteiger partial charge on any atom is -0.508 e. The van der Waals surface area contributed by atoms with Crippen molar-refractivity contribution in [2.24, 2.45) is 4.99 Å². The Labute approximate surface area is 82.1 Å². The van der Waals surface area contributed by atoms with E-state index in [0.717, 1.165) is 24.8 Å². The lowest BCUT2D eigenvalue weighted by atomic mass is 9.88. The van der Waals surface area contributed by atoms with Gasteiger partial charge < -0.3 is 5.11 Å². The first-order valence-electron chi connectivity index (χ1n) is 4.70. The van der Waals surface area contributed by atoms with Crippen molar-refractivity contribution in [3.8, 4) is 5.75 Å². The molecule has 1 aromatic rings. The Morgan fingerprint density at radius 3 is 3.14 bits per heavy atom. The molecule has 0 saturated carbocycles. The summed E-state index contributed by atoms with van der Waals surface area (Å²) >= 11 is 0. The van der Waals surface area contributed by atoms with Gasteiger partial charge >= 0.3 is 0 Å². The van der Waals surface area contributed by atoms with Gasteiger partial charge in [-0.05, 0) is 42.5 Å². The average Bonchev–Trinajstić information content (AvgIpc) is 2.19. The number of phenols is 1. The number of isocyanates is 1. The zero-order valence-corrected chi connectivity index (χ0v) is 7.73. The number of aryl methyl sites for hydroxylation is 1. The molecule has 1 aliphatic carbocycles. The number of aliphatic imine (C=N–C) groups is 1. The van der Waals surface area contributed by atoms with E-state index in [-0.39, 0.29) is 11.8 Å². The summed E-state index contributed by atoms with van der Waals surface area (Å²) in [6.07, 6.45) is 4.49. The summed E-state index contributed by atoms with van der Waals surface area (Å²) in [5.41, 5.74) is 2.15. The van der Waals surface area contributed by atoms with Crippen LogP contribution in [0.4, 0.5) is 0 Å². The van der Waals surface area contributed by atoms with Crippen molar-refractivity contribution < 1.29 is 9.90 Å². The van der Waals surface area contributed by atoms with E-state index in [9.17, 15) is 9.90 Å². The lowest BCUT2D eigenvalue weighted by molar-refractivity contribution is 0.470. The molecule has 1 unspecified atom stereocenters. The van der Waals surface area contributed by atoms with Crippen LogP contribution in [0.5, 0.6) is 5.75 Å². The molecule has 0 aromatic heterocycles. The SMILES string of the molecule is O=C=NC1CCCc2ccc(O)cc21. The molecule has 0 amide bonds. The highest BCUT2D eigenvalue weighted by atomic mass is 16.3. The lowest BCUT2D eigenvalue weighted by Gasteiger charge is -2.21. The van der Waals surface area contributed by atoms with E-state index >= 15 is 0 Å². The Morgan fingerprint density at radius 1 is 1.50 bits per heavy atom. The number of aromatic hydroxyl groups is 1. The molecule has 0 radical (unpaired) electrons. The van der Waals surface area contributed by atoms with Crippen molar-refractivity contribution in [1.82, 2.24) is 0 Å². The normalized spacial score (nSPS) is 19.6. The van der Waals surface area contributed by atoms with Crippen LogP contribution in [0.2, 0.25) is 0 Å². The van der Waals surface area contributed by atoms with E-state index in [2.05, 4.69) is 4.99 Å². The van der Waals surface area contributed by atoms with Gasteiger partial charge in [-0.2, -0.15) is 4.99 Å². The minimum absolute atomic E-state index is 0.108. The molecule has 0 saturated heterocycles. The molecule has 0 aliphatic heterocycles. The van der Waals surface area contributed by atoms with Gasteiger partial charge in [0.2, 0.25) is 6.08 Å². The molecule has 3 nitrogen and oxygen atoms in total. The van der Waals surface area contributed by atoms with E-state index < -0.39 is 0 Å². The second-order valence-electron chi connectivity index (χ2n) is 3.51. The van der Waals surface area contributed by atoms with Gasteiger partial charge in [0.1, 0.15) is 5.75 Å². The van der Waals surface area contributed by atoms with Crippen molar-refractivity contribution in [3.05, 3.63) is 29.3 Å². The number of nitrogens with zero attached hydrogens (tertiary/aromatic N) is 1. The third-order valence-corrected chi connectivity index (χ3v) is 2.62. The smallest absolute Gasteiger partial charge is 0.235 e. The first-order valence-corrected chi connectivity index (χ1v) is 4.70. The van der Waals surface area contributed by atoms with Gasteiger partial charge in [-0.25, -0.2) is 4.79 Å². The van der Waals surface area contributed by atoms with E-state index in [4.69, 9.17) is 0 Å². The van der Waals surface area contributed by atoms with Gasteiger partial charge in [-0.15, -0.1) is 0 Å². The number of fused-ring (bicyclic) bond motifs is 1. The second-order valence-corrected chi connectivity index (χ2v) is 3.51. The predicted molar refractivity (Wildman–Crippen MR) is 51.9 cm³/mol. The number of rotatable bonds is 1. The molecule has 0 bridgehead atoms. The highest BCUT2D eigenvalue weighted by Crippen LogP contribution is 2.34. The maximum atomic E-state index is 10.2. The molecule has 1 aromatic carbocycles. The Hall–Kier alpha value is -1.60. The van der Waals surface area contributed by atoms with Crippen molar-refractivity contribution >= 4 is 6.08 Å². The Balaban J connectivity index is 2.46. The van der Waals surface area contributed by atoms with Gasteiger partial charge in [0, 0.05) is 0 Å². The third kappa shape index (κ3) is 1.54. The molecule has 2 rings (SSSR count). The van der Waals surface area contributed by atoms with Crippen molar-refractivity contribution in [1.29, 1.82) is 0 Å². The highest BCUT2D eigenvalue weighted by molar-refractivity contribution is 5.41. The average molecular weight is 189 g/mol. The number of benzene rings is 1. The summed E-state index contributed by atoms with van der Waals surface area (Å²) in [6, 6.07) is 5.16. The van der Waals surface area contributed by atoms with E-state index in [1.807, 2.05) is 6.07 Å². The summed E-state index contributed by atoms with van der Waals surface area (Å²) in [4.78, 5) is 14.0. The van der Waals surface area contributed by atoms with Crippen molar-refractivity contribution in [3.63, 3.8) is 0 Å². The predicted octanol–water partition coefficient (Wildman–Crippen LogP) is 2.11. The van der Waals surface area contributed by atoms with Crippen LogP contribution in [0, 0.1) is 0 Å². The largest absolute Gasteiger partial charge is 0.508 e. The maximum Gasteiger partial charge on any atom is 0.235 e. The molecule has 1 aliphatic rings. The molecule has 14 heavy (non-hydrogen) atoms. The minimum atomic E-state index is -0.108. The second kappa shape index (κ2) is 3.64. The van der Waals surface area contributed by atoms with Crippen molar-refractivity contribution in [2.45, 2.75) is 25.3 Å². The molecule has 72 valence electrons. The molecule has 3 heteroatoms. The summed E-state index contributed by atoms with van der Waals surface area (Å²) in [5.74, 6) is 0.233. The van der Waals surface area contributed by atoms with Crippen LogP contribution in [0.15, 0.2) is 23.2 Å². The summed E-state index contributed by atoms with van der Waals surface area (Å²) in [6.45, 7) is 0. The molecular formula is C11H11NO2. The first-order chi connectivity index (χ1) is 6.81. The summed E-state index contributed by atoms with van der Waals surface area (Å²) < 4.78 is 0. The molecule has 1 atom stereocenters. The Kier molecular flexibility index (Phi) is 2.33. The Morgan fingerprint density at radius 2 is 2.36 bits per heavy atom. The highest BCUT2D eigenvalue weighted by Gasteiger charge is 2.19. The van der Waals surface area contributed by atoms with Crippen LogP contribution in [0.3, 0.4) is 0 Å². The van der Waals surface area contributed by atoms with Crippen LogP contribution < -0.4 is 0 Å². The lowest BCUT2D eigenvalue weighted by Crippen LogP contribution is -2.07. The van der Waals surface area contributed by atoms with Crippen molar-refractivity contribution in [2.75, 3.05) is 0 Å².